The maximum absolute atomic E-state index is 12.9. The smallest absolute Gasteiger partial charge is 0.263 e. The van der Waals surface area contributed by atoms with Crippen molar-refractivity contribution < 1.29 is 14.1 Å². The Balaban J connectivity index is 1.37. The number of benzene rings is 2. The number of para-hydroxylation sites is 1. The van der Waals surface area contributed by atoms with Gasteiger partial charge in [0.1, 0.15) is 6.54 Å². The summed E-state index contributed by atoms with van der Waals surface area (Å²) in [4.78, 5) is 31.2. The van der Waals surface area contributed by atoms with E-state index in [1.54, 1.807) is 24.3 Å². The molecular formula is C20H16N6O3. The van der Waals surface area contributed by atoms with Crippen LogP contribution in [0.25, 0.3) is 11.4 Å². The Bertz CT molecular complexity index is 1130. The molecule has 29 heavy (non-hydrogen) atoms. The maximum atomic E-state index is 12.9. The molecule has 1 saturated heterocycles. The van der Waals surface area contributed by atoms with Crippen LogP contribution >= 0.6 is 0 Å². The molecule has 0 aliphatic carbocycles. The standard InChI is InChI=1S/C20H16N6O3/c1-12-6-5-7-13(10-12)18-21-15(29-23-18)11-25-17-16(22-24-25)19(27)26(20(17)28)14-8-3-2-4-9-14/h2-10,16-17H,11H2,1H3/t16-,17-/m0/s1. The van der Waals surface area contributed by atoms with Gasteiger partial charge in [0.2, 0.25) is 11.7 Å². The maximum Gasteiger partial charge on any atom is 0.263 e. The Morgan fingerprint density at radius 1 is 1.03 bits per heavy atom. The van der Waals surface area contributed by atoms with Crippen LogP contribution < -0.4 is 4.90 Å². The Morgan fingerprint density at radius 2 is 1.86 bits per heavy atom. The summed E-state index contributed by atoms with van der Waals surface area (Å²) < 4.78 is 5.33. The summed E-state index contributed by atoms with van der Waals surface area (Å²) in [5, 5.41) is 13.4. The fourth-order valence-corrected chi connectivity index (χ4v) is 3.54. The topological polar surface area (TPSA) is 104 Å². The molecule has 0 N–H and O–H groups in total. The van der Waals surface area contributed by atoms with Crippen LogP contribution in [0.2, 0.25) is 0 Å². The third kappa shape index (κ3) is 2.87. The van der Waals surface area contributed by atoms with Crippen molar-refractivity contribution in [2.45, 2.75) is 25.6 Å². The molecular weight excluding hydrogens is 372 g/mol. The van der Waals surface area contributed by atoms with Crippen molar-refractivity contribution >= 4 is 17.5 Å². The summed E-state index contributed by atoms with van der Waals surface area (Å²) in [5.41, 5.74) is 2.44. The molecule has 9 nitrogen and oxygen atoms in total. The fourth-order valence-electron chi connectivity index (χ4n) is 3.54. The number of fused-ring (bicyclic) bond motifs is 1. The number of amides is 2. The highest BCUT2D eigenvalue weighted by Gasteiger charge is 2.55. The molecule has 2 aliphatic heterocycles. The van der Waals surface area contributed by atoms with E-state index in [2.05, 4.69) is 20.5 Å². The monoisotopic (exact) mass is 388 g/mol. The average Bonchev–Trinajstić information content (AvgIpc) is 3.41. The molecule has 0 radical (unpaired) electrons. The van der Waals surface area contributed by atoms with Crippen LogP contribution in [0.5, 0.6) is 0 Å². The van der Waals surface area contributed by atoms with E-state index >= 15 is 0 Å². The van der Waals surface area contributed by atoms with Gasteiger partial charge in [-0.05, 0) is 25.1 Å². The molecule has 5 rings (SSSR count). The van der Waals surface area contributed by atoms with Gasteiger partial charge in [0.05, 0.1) is 5.69 Å². The highest BCUT2D eigenvalue weighted by atomic mass is 16.5. The molecule has 0 bridgehead atoms. The second-order valence-corrected chi connectivity index (χ2v) is 6.92. The Kier molecular flexibility index (Phi) is 3.94. The van der Waals surface area contributed by atoms with Gasteiger partial charge in [-0.2, -0.15) is 10.1 Å². The van der Waals surface area contributed by atoms with Gasteiger partial charge in [-0.3, -0.25) is 14.6 Å². The predicted molar refractivity (Wildman–Crippen MR) is 101 cm³/mol. The number of imide groups is 1. The normalized spacial score (nSPS) is 20.6. The lowest BCUT2D eigenvalue weighted by molar-refractivity contribution is -0.123. The zero-order chi connectivity index (χ0) is 20.0. The van der Waals surface area contributed by atoms with Crippen LogP contribution in [-0.2, 0) is 16.1 Å². The van der Waals surface area contributed by atoms with Crippen molar-refractivity contribution in [2.75, 3.05) is 4.90 Å². The molecule has 144 valence electrons. The Morgan fingerprint density at radius 3 is 2.66 bits per heavy atom. The van der Waals surface area contributed by atoms with Crippen LogP contribution in [0.15, 0.2) is 69.5 Å². The highest BCUT2D eigenvalue weighted by Crippen LogP contribution is 2.32. The molecule has 3 aromatic rings. The number of hydrogen-bond acceptors (Lipinski definition) is 8. The summed E-state index contributed by atoms with van der Waals surface area (Å²) in [7, 11) is 0. The SMILES string of the molecule is Cc1cccc(-c2noc(CN3N=N[C@@H]4C(=O)N(c5ccccc5)C(=O)[C@H]43)n2)c1. The third-order valence-corrected chi connectivity index (χ3v) is 4.91. The first-order valence-electron chi connectivity index (χ1n) is 9.12. The summed E-state index contributed by atoms with van der Waals surface area (Å²) in [5.74, 6) is -0.00584. The minimum Gasteiger partial charge on any atom is -0.337 e. The fraction of sp³-hybridized carbons (Fsp3) is 0.200. The number of anilines is 1. The molecule has 9 heteroatoms. The molecule has 0 spiro atoms. The van der Waals surface area contributed by atoms with Gasteiger partial charge in [-0.25, -0.2) is 4.90 Å². The molecule has 2 aromatic carbocycles. The van der Waals surface area contributed by atoms with Crippen LogP contribution in [0, 0.1) is 6.92 Å². The third-order valence-electron chi connectivity index (χ3n) is 4.91. The van der Waals surface area contributed by atoms with Crippen molar-refractivity contribution in [1.29, 1.82) is 0 Å². The number of carbonyl (C=O) groups excluding carboxylic acids is 2. The van der Waals surface area contributed by atoms with E-state index < -0.39 is 12.1 Å². The van der Waals surface area contributed by atoms with E-state index in [4.69, 9.17) is 4.52 Å². The number of carbonyl (C=O) groups is 2. The second kappa shape index (κ2) is 6.62. The Labute approximate surface area is 165 Å². The van der Waals surface area contributed by atoms with E-state index in [1.807, 2.05) is 37.3 Å². The van der Waals surface area contributed by atoms with Gasteiger partial charge in [0.25, 0.3) is 11.8 Å². The Hall–Kier alpha value is -3.88. The first kappa shape index (κ1) is 17.2. The molecule has 1 fully saturated rings. The summed E-state index contributed by atoms with van der Waals surface area (Å²) in [6.07, 6.45) is 0. The quantitative estimate of drug-likeness (QED) is 0.636. The molecule has 2 atom stereocenters. The first-order valence-corrected chi connectivity index (χ1v) is 9.12. The van der Waals surface area contributed by atoms with Crippen LogP contribution in [0.4, 0.5) is 5.69 Å². The van der Waals surface area contributed by atoms with E-state index in [-0.39, 0.29) is 18.4 Å². The van der Waals surface area contributed by atoms with Crippen molar-refractivity contribution in [2.24, 2.45) is 10.3 Å². The zero-order valence-electron chi connectivity index (χ0n) is 15.5. The molecule has 2 amide bonds. The van der Waals surface area contributed by atoms with E-state index in [1.165, 1.54) is 5.01 Å². The first-order chi connectivity index (χ1) is 14.1. The molecule has 2 aliphatic rings. The number of hydrogen-bond donors (Lipinski definition) is 0. The van der Waals surface area contributed by atoms with Crippen molar-refractivity contribution in [3.63, 3.8) is 0 Å². The predicted octanol–water partition coefficient (Wildman–Crippen LogP) is 2.54. The van der Waals surface area contributed by atoms with Gasteiger partial charge in [0.15, 0.2) is 12.1 Å². The van der Waals surface area contributed by atoms with Crippen molar-refractivity contribution in [1.82, 2.24) is 15.1 Å². The van der Waals surface area contributed by atoms with Gasteiger partial charge in [0, 0.05) is 5.56 Å². The largest absolute Gasteiger partial charge is 0.337 e. The van der Waals surface area contributed by atoms with Crippen LogP contribution in [0.3, 0.4) is 0 Å². The highest BCUT2D eigenvalue weighted by molar-refractivity contribution is 6.25. The number of aromatic nitrogens is 2. The average molecular weight is 388 g/mol. The van der Waals surface area contributed by atoms with Gasteiger partial charge >= 0.3 is 0 Å². The van der Waals surface area contributed by atoms with Gasteiger partial charge < -0.3 is 4.52 Å². The minimum absolute atomic E-state index is 0.0884. The summed E-state index contributed by atoms with van der Waals surface area (Å²) in [6, 6.07) is 14.9. The number of aryl methyl sites for hydroxylation is 1. The second-order valence-electron chi connectivity index (χ2n) is 6.92. The number of nitrogens with zero attached hydrogens (tertiary/aromatic N) is 6. The van der Waals surface area contributed by atoms with Crippen LogP contribution in [0.1, 0.15) is 11.5 Å². The molecule has 1 aromatic heterocycles. The van der Waals surface area contributed by atoms with E-state index in [9.17, 15) is 9.59 Å². The van der Waals surface area contributed by atoms with Crippen molar-refractivity contribution in [3.8, 4) is 11.4 Å². The van der Waals surface area contributed by atoms with Crippen molar-refractivity contribution in [3.05, 3.63) is 66.1 Å². The van der Waals surface area contributed by atoms with Gasteiger partial charge in [-0.15, -0.1) is 0 Å². The van der Waals surface area contributed by atoms with Crippen LogP contribution in [-0.4, -0.2) is 39.0 Å². The van der Waals surface area contributed by atoms with E-state index in [0.29, 0.717) is 17.4 Å². The lowest BCUT2D eigenvalue weighted by atomic mass is 10.1. The molecule has 0 unspecified atom stereocenters. The summed E-state index contributed by atoms with van der Waals surface area (Å²) >= 11 is 0. The molecule has 0 saturated carbocycles. The number of rotatable bonds is 4. The zero-order valence-corrected chi connectivity index (χ0v) is 15.5. The van der Waals surface area contributed by atoms with Gasteiger partial charge in [-0.1, -0.05) is 52.3 Å². The lowest BCUT2D eigenvalue weighted by Gasteiger charge is -2.19. The molecule has 3 heterocycles. The minimum atomic E-state index is -0.859. The lowest BCUT2D eigenvalue weighted by Crippen LogP contribution is -2.39. The summed E-state index contributed by atoms with van der Waals surface area (Å²) in [6.45, 7) is 2.07. The van der Waals surface area contributed by atoms with E-state index in [0.717, 1.165) is 16.0 Å².